The summed E-state index contributed by atoms with van der Waals surface area (Å²) in [6.45, 7) is 0. The van der Waals surface area contributed by atoms with Crippen LogP contribution >= 0.6 is 0 Å². The molecule has 1 atom stereocenters. The van der Waals surface area contributed by atoms with Gasteiger partial charge in [0.15, 0.2) is 0 Å². The number of aromatic carboxylic acids is 1. The van der Waals surface area contributed by atoms with Crippen LogP contribution in [0.2, 0.25) is 0 Å². The number of benzene rings is 1. The van der Waals surface area contributed by atoms with Crippen LogP contribution in [0.25, 0.3) is 10.9 Å². The Morgan fingerprint density at radius 2 is 1.86 bits per heavy atom. The van der Waals surface area contributed by atoms with Gasteiger partial charge in [-0.2, -0.15) is 0 Å². The molecule has 0 fully saturated rings. The van der Waals surface area contributed by atoms with Crippen molar-refractivity contribution < 1.29 is 29.7 Å². The zero-order valence-corrected chi connectivity index (χ0v) is 11.1. The van der Waals surface area contributed by atoms with Crippen molar-refractivity contribution in [2.24, 2.45) is 0 Å². The van der Waals surface area contributed by atoms with E-state index in [1.165, 1.54) is 18.2 Å². The van der Waals surface area contributed by atoms with E-state index in [9.17, 15) is 14.4 Å². The van der Waals surface area contributed by atoms with Crippen LogP contribution in [0.15, 0.2) is 24.5 Å². The lowest BCUT2D eigenvalue weighted by Crippen LogP contribution is -2.32. The number of aromatic nitrogens is 2. The molecule has 0 aliphatic heterocycles. The first kappa shape index (κ1) is 15.2. The zero-order valence-electron chi connectivity index (χ0n) is 11.1. The maximum Gasteiger partial charge on any atom is 0.335 e. The highest BCUT2D eigenvalue weighted by molar-refractivity contribution is 5.97. The second-order valence-corrected chi connectivity index (χ2v) is 4.39. The SMILES string of the molecule is O=C(O)C[C@H](Nc1ncnc2cc(C(=O)O)ccc12)C(=O)O. The van der Waals surface area contributed by atoms with Gasteiger partial charge in [-0.05, 0) is 18.2 Å². The van der Waals surface area contributed by atoms with Gasteiger partial charge >= 0.3 is 17.9 Å². The first-order chi connectivity index (χ1) is 10.4. The number of carboxylic acids is 3. The highest BCUT2D eigenvalue weighted by Gasteiger charge is 2.22. The summed E-state index contributed by atoms with van der Waals surface area (Å²) in [5.74, 6) is -3.61. The van der Waals surface area contributed by atoms with E-state index in [0.29, 0.717) is 10.9 Å². The van der Waals surface area contributed by atoms with E-state index in [2.05, 4.69) is 15.3 Å². The molecule has 1 aromatic heterocycles. The summed E-state index contributed by atoms with van der Waals surface area (Å²) in [7, 11) is 0. The quantitative estimate of drug-likeness (QED) is 0.603. The molecule has 9 nitrogen and oxygen atoms in total. The third-order valence-corrected chi connectivity index (χ3v) is 2.87. The second-order valence-electron chi connectivity index (χ2n) is 4.39. The minimum atomic E-state index is -1.37. The molecule has 0 saturated carbocycles. The molecular weight excluding hydrogens is 294 g/mol. The molecule has 0 unspecified atom stereocenters. The molecule has 0 bridgehead atoms. The average molecular weight is 305 g/mol. The Labute approximate surface area is 123 Å². The van der Waals surface area contributed by atoms with Gasteiger partial charge in [0, 0.05) is 5.39 Å². The van der Waals surface area contributed by atoms with Crippen LogP contribution in [0, 0.1) is 0 Å². The number of hydrogen-bond donors (Lipinski definition) is 4. The molecule has 9 heteroatoms. The van der Waals surface area contributed by atoms with Gasteiger partial charge in [-0.1, -0.05) is 0 Å². The fourth-order valence-corrected chi connectivity index (χ4v) is 1.84. The van der Waals surface area contributed by atoms with E-state index in [0.717, 1.165) is 6.33 Å². The van der Waals surface area contributed by atoms with Gasteiger partial charge in [-0.15, -0.1) is 0 Å². The lowest BCUT2D eigenvalue weighted by molar-refractivity contribution is -0.144. The van der Waals surface area contributed by atoms with E-state index < -0.39 is 30.4 Å². The molecule has 2 rings (SSSR count). The van der Waals surface area contributed by atoms with E-state index >= 15 is 0 Å². The van der Waals surface area contributed by atoms with Crippen LogP contribution in [-0.2, 0) is 9.59 Å². The summed E-state index contributed by atoms with van der Waals surface area (Å²) in [6, 6.07) is 2.71. The van der Waals surface area contributed by atoms with E-state index in [-0.39, 0.29) is 11.4 Å². The summed E-state index contributed by atoms with van der Waals surface area (Å²) in [6.07, 6.45) is 0.504. The Bertz CT molecular complexity index is 761. The number of carboxylic acid groups (broad SMARTS) is 3. The van der Waals surface area contributed by atoms with Crippen molar-refractivity contribution in [3.8, 4) is 0 Å². The normalized spacial score (nSPS) is 11.8. The first-order valence-electron chi connectivity index (χ1n) is 6.07. The molecule has 0 spiro atoms. The molecule has 4 N–H and O–H groups in total. The number of carbonyl (C=O) groups is 3. The predicted molar refractivity (Wildman–Crippen MR) is 73.8 cm³/mol. The van der Waals surface area contributed by atoms with Crippen molar-refractivity contribution in [1.29, 1.82) is 0 Å². The van der Waals surface area contributed by atoms with Crippen molar-refractivity contribution in [1.82, 2.24) is 9.97 Å². The number of hydrogen-bond acceptors (Lipinski definition) is 6. The number of aliphatic carboxylic acids is 2. The molecule has 0 radical (unpaired) electrons. The highest BCUT2D eigenvalue weighted by atomic mass is 16.4. The number of rotatable bonds is 6. The maximum atomic E-state index is 11.1. The van der Waals surface area contributed by atoms with Gasteiger partial charge in [0.1, 0.15) is 18.2 Å². The number of nitrogens with zero attached hydrogens (tertiary/aromatic N) is 2. The van der Waals surface area contributed by atoms with Crippen molar-refractivity contribution in [2.45, 2.75) is 12.5 Å². The van der Waals surface area contributed by atoms with Gasteiger partial charge in [-0.3, -0.25) is 4.79 Å². The van der Waals surface area contributed by atoms with Crippen LogP contribution in [0.4, 0.5) is 5.82 Å². The van der Waals surface area contributed by atoms with Crippen LogP contribution in [0.1, 0.15) is 16.8 Å². The Kier molecular flexibility index (Phi) is 4.16. The molecule has 1 aromatic carbocycles. The van der Waals surface area contributed by atoms with Gasteiger partial charge in [0.05, 0.1) is 17.5 Å². The van der Waals surface area contributed by atoms with E-state index in [4.69, 9.17) is 15.3 Å². The molecule has 2 aromatic rings. The number of anilines is 1. The lowest BCUT2D eigenvalue weighted by atomic mass is 10.1. The largest absolute Gasteiger partial charge is 0.481 e. The molecule has 0 aliphatic carbocycles. The molecule has 22 heavy (non-hydrogen) atoms. The monoisotopic (exact) mass is 305 g/mol. The summed E-state index contributed by atoms with van der Waals surface area (Å²) >= 11 is 0. The summed E-state index contributed by atoms with van der Waals surface area (Å²) < 4.78 is 0. The van der Waals surface area contributed by atoms with E-state index in [1.807, 2.05) is 0 Å². The fraction of sp³-hybridized carbons (Fsp3) is 0.154. The Balaban J connectivity index is 2.40. The molecule has 0 aliphatic rings. The third-order valence-electron chi connectivity index (χ3n) is 2.87. The van der Waals surface area contributed by atoms with Crippen LogP contribution in [-0.4, -0.2) is 49.2 Å². The van der Waals surface area contributed by atoms with Gasteiger partial charge in [0.2, 0.25) is 0 Å². The maximum absolute atomic E-state index is 11.1. The fourth-order valence-electron chi connectivity index (χ4n) is 1.84. The smallest absolute Gasteiger partial charge is 0.335 e. The number of nitrogens with one attached hydrogen (secondary N) is 1. The summed E-state index contributed by atoms with van der Waals surface area (Å²) in [4.78, 5) is 40.5. The summed E-state index contributed by atoms with van der Waals surface area (Å²) in [5, 5.41) is 29.6. The van der Waals surface area contributed by atoms with Crippen LogP contribution < -0.4 is 5.32 Å². The standard InChI is InChI=1S/C13H11N3O6/c17-10(18)4-9(13(21)22)16-11-7-2-1-6(12(19)20)3-8(7)14-5-15-11/h1-3,5,9H,4H2,(H,17,18)(H,19,20)(H,21,22)(H,14,15,16)/t9-/m0/s1. The van der Waals surface area contributed by atoms with Crippen molar-refractivity contribution in [3.05, 3.63) is 30.1 Å². The molecule has 0 amide bonds. The van der Waals surface area contributed by atoms with Gasteiger partial charge in [-0.25, -0.2) is 19.6 Å². The minimum Gasteiger partial charge on any atom is -0.481 e. The molecule has 1 heterocycles. The first-order valence-corrected chi connectivity index (χ1v) is 6.07. The Morgan fingerprint density at radius 3 is 2.45 bits per heavy atom. The van der Waals surface area contributed by atoms with Crippen LogP contribution in [0.5, 0.6) is 0 Å². The zero-order chi connectivity index (χ0) is 16.3. The highest BCUT2D eigenvalue weighted by Crippen LogP contribution is 2.21. The van der Waals surface area contributed by atoms with Crippen molar-refractivity contribution >= 4 is 34.6 Å². The third kappa shape index (κ3) is 3.26. The van der Waals surface area contributed by atoms with Crippen molar-refractivity contribution in [3.63, 3.8) is 0 Å². The Hall–Kier alpha value is -3.23. The average Bonchev–Trinajstić information content (AvgIpc) is 2.45. The molecule has 0 saturated heterocycles. The Morgan fingerprint density at radius 1 is 1.14 bits per heavy atom. The van der Waals surface area contributed by atoms with Crippen LogP contribution in [0.3, 0.4) is 0 Å². The number of fused-ring (bicyclic) bond motifs is 1. The van der Waals surface area contributed by atoms with Crippen molar-refractivity contribution in [2.75, 3.05) is 5.32 Å². The lowest BCUT2D eigenvalue weighted by Gasteiger charge is -2.14. The topological polar surface area (TPSA) is 150 Å². The van der Waals surface area contributed by atoms with Gasteiger partial charge in [0.25, 0.3) is 0 Å². The van der Waals surface area contributed by atoms with E-state index in [1.54, 1.807) is 0 Å². The predicted octanol–water partition coefficient (Wildman–Crippen LogP) is 0.668. The molecule has 114 valence electrons. The van der Waals surface area contributed by atoms with Gasteiger partial charge < -0.3 is 20.6 Å². The second kappa shape index (κ2) is 6.04. The summed E-state index contributed by atoms with van der Waals surface area (Å²) in [5.41, 5.74) is 0.328. The minimum absolute atomic E-state index is 0.0254. The molecular formula is C13H11N3O6.